The first-order valence-electron chi connectivity index (χ1n) is 8.92. The fraction of sp³-hybridized carbons (Fsp3) is 0.278. The molecular formula is C18H18N4O5S2. The van der Waals surface area contributed by atoms with Crippen molar-refractivity contribution in [2.45, 2.75) is 11.6 Å². The molecule has 0 aliphatic carbocycles. The Hall–Kier alpha value is -2.60. The second kappa shape index (κ2) is 7.67. The number of para-hydroxylation sites is 3. The molecule has 1 saturated heterocycles. The molecule has 152 valence electrons. The van der Waals surface area contributed by atoms with Crippen LogP contribution < -0.4 is 0 Å². The Labute approximate surface area is 172 Å². The van der Waals surface area contributed by atoms with Crippen LogP contribution in [0.5, 0.6) is 0 Å². The molecular weight excluding hydrogens is 416 g/mol. The zero-order valence-electron chi connectivity index (χ0n) is 15.3. The van der Waals surface area contributed by atoms with E-state index in [9.17, 15) is 18.5 Å². The maximum Gasteiger partial charge on any atom is 0.289 e. The first-order chi connectivity index (χ1) is 13.9. The number of rotatable bonds is 5. The van der Waals surface area contributed by atoms with Crippen molar-refractivity contribution in [1.82, 2.24) is 13.8 Å². The standard InChI is InChI=1S/C18H18N4O5S2/c23-22(24)15-6-2-4-8-17(15)29(25,26)20-11-9-19(10-12-20)13-21-14-5-1-3-7-16(14)27-18(21)28/h1-8H,9-13H2. The number of fused-ring (bicyclic) bond motifs is 1. The van der Waals surface area contributed by atoms with Crippen LogP contribution in [-0.4, -0.2) is 53.3 Å². The molecule has 0 N–H and O–H groups in total. The Bertz CT molecular complexity index is 1230. The van der Waals surface area contributed by atoms with Crippen molar-refractivity contribution in [2.75, 3.05) is 26.2 Å². The van der Waals surface area contributed by atoms with E-state index in [-0.39, 0.29) is 18.0 Å². The molecule has 0 bridgehead atoms. The Balaban J connectivity index is 1.50. The Morgan fingerprint density at radius 3 is 2.41 bits per heavy atom. The highest BCUT2D eigenvalue weighted by atomic mass is 32.2. The van der Waals surface area contributed by atoms with Gasteiger partial charge in [0.25, 0.3) is 10.5 Å². The van der Waals surface area contributed by atoms with Crippen molar-refractivity contribution >= 4 is 39.0 Å². The van der Waals surface area contributed by atoms with Gasteiger partial charge in [-0.2, -0.15) is 4.31 Å². The zero-order chi connectivity index (χ0) is 20.6. The minimum atomic E-state index is -3.95. The highest BCUT2D eigenvalue weighted by Gasteiger charge is 2.33. The maximum atomic E-state index is 12.9. The molecule has 4 rings (SSSR count). The number of nitro groups is 1. The largest absolute Gasteiger partial charge is 0.429 e. The number of piperazine rings is 1. The summed E-state index contributed by atoms with van der Waals surface area (Å²) in [7, 11) is -3.95. The number of aromatic nitrogens is 1. The molecule has 3 aromatic rings. The van der Waals surface area contributed by atoms with Crippen molar-refractivity contribution in [1.29, 1.82) is 0 Å². The van der Waals surface area contributed by atoms with E-state index in [0.29, 0.717) is 30.2 Å². The zero-order valence-corrected chi connectivity index (χ0v) is 16.9. The summed E-state index contributed by atoms with van der Waals surface area (Å²) in [6, 6.07) is 13.0. The average molecular weight is 434 g/mol. The van der Waals surface area contributed by atoms with Crippen LogP contribution in [0.25, 0.3) is 11.1 Å². The molecule has 9 nitrogen and oxygen atoms in total. The predicted molar refractivity (Wildman–Crippen MR) is 108 cm³/mol. The van der Waals surface area contributed by atoms with E-state index in [2.05, 4.69) is 4.90 Å². The summed E-state index contributed by atoms with van der Waals surface area (Å²) in [5.41, 5.74) is 1.17. The molecule has 1 fully saturated rings. The summed E-state index contributed by atoms with van der Waals surface area (Å²) in [5.74, 6) is 0. The van der Waals surface area contributed by atoms with E-state index in [1.165, 1.54) is 28.6 Å². The highest BCUT2D eigenvalue weighted by Crippen LogP contribution is 2.27. The van der Waals surface area contributed by atoms with Crippen LogP contribution in [0, 0.1) is 15.0 Å². The van der Waals surface area contributed by atoms with Crippen molar-refractivity contribution in [3.63, 3.8) is 0 Å². The smallest absolute Gasteiger partial charge is 0.289 e. The molecule has 0 unspecified atom stereocenters. The normalized spacial score (nSPS) is 16.3. The van der Waals surface area contributed by atoms with Crippen LogP contribution in [-0.2, 0) is 16.7 Å². The van der Waals surface area contributed by atoms with Crippen molar-refractivity contribution in [2.24, 2.45) is 0 Å². The number of nitrogens with zero attached hydrogens (tertiary/aromatic N) is 4. The van der Waals surface area contributed by atoms with Crippen LogP contribution in [0.2, 0.25) is 0 Å². The van der Waals surface area contributed by atoms with Crippen molar-refractivity contribution in [3.05, 3.63) is 63.5 Å². The van der Waals surface area contributed by atoms with Crippen LogP contribution in [0.4, 0.5) is 5.69 Å². The lowest BCUT2D eigenvalue weighted by Gasteiger charge is -2.33. The molecule has 0 radical (unpaired) electrons. The number of sulfonamides is 1. The van der Waals surface area contributed by atoms with Gasteiger partial charge in [-0.25, -0.2) is 8.42 Å². The van der Waals surface area contributed by atoms with E-state index in [4.69, 9.17) is 16.6 Å². The van der Waals surface area contributed by atoms with Gasteiger partial charge in [0.2, 0.25) is 10.0 Å². The lowest BCUT2D eigenvalue weighted by molar-refractivity contribution is -0.387. The van der Waals surface area contributed by atoms with Crippen molar-refractivity contribution < 1.29 is 17.8 Å². The van der Waals surface area contributed by atoms with Gasteiger partial charge in [0.05, 0.1) is 17.1 Å². The Morgan fingerprint density at radius 2 is 1.69 bits per heavy atom. The topological polar surface area (TPSA) is 102 Å². The van der Waals surface area contributed by atoms with Gasteiger partial charge in [-0.1, -0.05) is 24.3 Å². The fourth-order valence-electron chi connectivity index (χ4n) is 3.42. The van der Waals surface area contributed by atoms with Crippen LogP contribution in [0.15, 0.2) is 57.8 Å². The van der Waals surface area contributed by atoms with E-state index >= 15 is 0 Å². The van der Waals surface area contributed by atoms with Crippen LogP contribution in [0.1, 0.15) is 0 Å². The SMILES string of the molecule is O=[N+]([O-])c1ccccc1S(=O)(=O)N1CCN(Cn2c(=S)oc3ccccc32)CC1. The number of hydrogen-bond acceptors (Lipinski definition) is 7. The van der Waals surface area contributed by atoms with Gasteiger partial charge < -0.3 is 4.42 Å². The molecule has 1 aliphatic rings. The van der Waals surface area contributed by atoms with Gasteiger partial charge in [-0.05, 0) is 30.4 Å². The Morgan fingerprint density at radius 1 is 1.03 bits per heavy atom. The fourth-order valence-corrected chi connectivity index (χ4v) is 5.25. The number of nitro benzene ring substituents is 1. The van der Waals surface area contributed by atoms with Crippen molar-refractivity contribution in [3.8, 4) is 0 Å². The molecule has 0 saturated carbocycles. The second-order valence-electron chi connectivity index (χ2n) is 6.65. The second-order valence-corrected chi connectivity index (χ2v) is 8.91. The number of oxazole rings is 1. The van der Waals surface area contributed by atoms with Crippen LogP contribution >= 0.6 is 12.2 Å². The van der Waals surface area contributed by atoms with E-state index in [1.54, 1.807) is 0 Å². The molecule has 1 aromatic heterocycles. The van der Waals surface area contributed by atoms with Gasteiger partial charge >= 0.3 is 0 Å². The summed E-state index contributed by atoms with van der Waals surface area (Å²) < 4.78 is 34.6. The quantitative estimate of drug-likeness (QED) is 0.346. The monoisotopic (exact) mass is 434 g/mol. The molecule has 0 spiro atoms. The molecule has 2 heterocycles. The van der Waals surface area contributed by atoms with E-state index < -0.39 is 20.6 Å². The van der Waals surface area contributed by atoms with E-state index in [1.807, 2.05) is 28.8 Å². The van der Waals surface area contributed by atoms with Gasteiger partial charge in [0.15, 0.2) is 10.5 Å². The molecule has 11 heteroatoms. The molecule has 1 aliphatic heterocycles. The molecule has 0 amide bonds. The number of hydrogen-bond donors (Lipinski definition) is 0. The third-order valence-corrected chi connectivity index (χ3v) is 7.18. The molecule has 2 aromatic carbocycles. The maximum absolute atomic E-state index is 12.9. The summed E-state index contributed by atoms with van der Waals surface area (Å²) >= 11 is 5.31. The predicted octanol–water partition coefficient (Wildman–Crippen LogP) is 2.84. The van der Waals surface area contributed by atoms with E-state index in [0.717, 1.165) is 5.52 Å². The number of benzene rings is 2. The third-order valence-electron chi connectivity index (χ3n) is 4.93. The summed E-state index contributed by atoms with van der Waals surface area (Å²) in [5, 5.41) is 11.2. The van der Waals surface area contributed by atoms with Gasteiger partial charge in [0.1, 0.15) is 0 Å². The molecule has 29 heavy (non-hydrogen) atoms. The Kier molecular flexibility index (Phi) is 5.21. The lowest BCUT2D eigenvalue weighted by atomic mass is 10.3. The first-order valence-corrected chi connectivity index (χ1v) is 10.8. The lowest BCUT2D eigenvalue weighted by Crippen LogP contribution is -2.48. The van der Waals surface area contributed by atoms with Gasteiger partial charge in [0, 0.05) is 32.2 Å². The highest BCUT2D eigenvalue weighted by molar-refractivity contribution is 7.89. The molecule has 0 atom stereocenters. The van der Waals surface area contributed by atoms with Crippen LogP contribution in [0.3, 0.4) is 0 Å². The summed E-state index contributed by atoms with van der Waals surface area (Å²) in [6.07, 6.45) is 0. The average Bonchev–Trinajstić information content (AvgIpc) is 3.03. The minimum Gasteiger partial charge on any atom is -0.429 e. The van der Waals surface area contributed by atoms with Gasteiger partial charge in [-0.3, -0.25) is 19.6 Å². The third kappa shape index (κ3) is 3.69. The van der Waals surface area contributed by atoms with Gasteiger partial charge in [-0.15, -0.1) is 0 Å². The summed E-state index contributed by atoms with van der Waals surface area (Å²) in [6.45, 7) is 1.90. The first kappa shape index (κ1) is 19.7. The minimum absolute atomic E-state index is 0.234. The summed E-state index contributed by atoms with van der Waals surface area (Å²) in [4.78, 5) is 12.7.